The molecule has 2 nitrogen and oxygen atoms in total. The summed E-state index contributed by atoms with van der Waals surface area (Å²) >= 11 is 0. The van der Waals surface area contributed by atoms with Crippen LogP contribution in [-0.2, 0) is 7.05 Å². The minimum atomic E-state index is 1.20. The van der Waals surface area contributed by atoms with E-state index in [-0.39, 0.29) is 0 Å². The fourth-order valence-corrected chi connectivity index (χ4v) is 15.4. The summed E-state index contributed by atoms with van der Waals surface area (Å²) in [5, 5.41) is 29.2. The minimum absolute atomic E-state index is 1.20. The quantitative estimate of drug-likeness (QED) is 0.156. The summed E-state index contributed by atoms with van der Waals surface area (Å²) in [4.78, 5) is 0. The maximum atomic E-state index is 2.41. The zero-order valence-corrected chi connectivity index (χ0v) is 84.2. The van der Waals surface area contributed by atoms with Crippen LogP contribution in [0.2, 0.25) is 0 Å². The number of aromatic nitrogens is 2. The van der Waals surface area contributed by atoms with E-state index in [2.05, 4.69) is 377 Å². The van der Waals surface area contributed by atoms with Gasteiger partial charge in [-0.25, -0.2) is 0 Å². The second kappa shape index (κ2) is 61.3. The average Bonchev–Trinajstić information content (AvgIpc) is 1.52. The lowest BCUT2D eigenvalue weighted by Crippen LogP contribution is -1.96. The summed E-state index contributed by atoms with van der Waals surface area (Å²) in [6.07, 6.45) is 0. The second-order valence-electron chi connectivity index (χ2n) is 25.7. The molecule has 18 aromatic carbocycles. The first-order valence-corrected chi connectivity index (χ1v) is 48.4. The number of aryl methyl sites for hydroxylation is 4. The van der Waals surface area contributed by atoms with Crippen molar-refractivity contribution in [2.75, 3.05) is 0 Å². The monoisotopic (exact) mass is 1680 g/mol. The first-order chi connectivity index (χ1) is 62.3. The third kappa shape index (κ3) is 25.4. The molecular weight excluding hydrogens is 1520 g/mol. The number of benzene rings is 18. The van der Waals surface area contributed by atoms with Gasteiger partial charge in [-0.2, -0.15) is 0 Å². The fourth-order valence-electron chi connectivity index (χ4n) is 15.4. The van der Waals surface area contributed by atoms with Gasteiger partial charge in [0.25, 0.3) is 0 Å². The van der Waals surface area contributed by atoms with Gasteiger partial charge in [-0.1, -0.05) is 534 Å². The fraction of sp³-hybridized carbons (Fsp3) is 0.274. The maximum Gasteiger partial charge on any atom is 0.0785 e. The van der Waals surface area contributed by atoms with Crippen molar-refractivity contribution in [1.29, 1.82) is 0 Å². The number of rotatable bonds is 3. The topological polar surface area (TPSA) is 9.86 Å². The Balaban J connectivity index is 0.000000518. The van der Waals surface area contributed by atoms with E-state index >= 15 is 0 Å². The van der Waals surface area contributed by atoms with Crippen LogP contribution in [0.25, 0.3) is 169 Å². The molecule has 0 saturated heterocycles. The van der Waals surface area contributed by atoms with Gasteiger partial charge in [0.15, 0.2) is 0 Å². The van der Waals surface area contributed by atoms with Crippen LogP contribution >= 0.6 is 0 Å². The number of nitrogens with zero attached hydrogens (tertiary/aromatic N) is 2. The third-order valence-electron chi connectivity index (χ3n) is 19.8. The number of hydrogen-bond acceptors (Lipinski definition) is 0. The molecule has 0 aliphatic carbocycles. The molecule has 2 heteroatoms. The molecule has 2 aromatic heterocycles. The Hall–Kier alpha value is -12.1. The Morgan fingerprint density at radius 1 is 0.159 bits per heavy atom. The van der Waals surface area contributed by atoms with E-state index in [0.717, 1.165) is 0 Å². The van der Waals surface area contributed by atoms with E-state index in [1.807, 2.05) is 208 Å². The van der Waals surface area contributed by atoms with Crippen molar-refractivity contribution < 1.29 is 0 Å². The molecule has 0 amide bonds. The molecule has 664 valence electrons. The summed E-state index contributed by atoms with van der Waals surface area (Å²) in [5.41, 5.74) is 15.3. The molecule has 0 saturated carbocycles. The SMILES string of the molecule is CC.CC.CC.CC.CC.CC.CC.CC.CC.CC.CC.CC.CC.CC.CC.Cc1ccc(-c2ccc3c4ccccc4c4ccccc4c3c2)cc1.Cc1ccc2c3ccccc3c3ccccc3c2c1.Cc1cccc(-c2cccc3c4ccccc4c4ccccc4c23)c1.Cn1c2ccccc2c2ccc3c4ccccc4n(-c4ccccc4)c3c21. The Kier molecular flexibility index (Phi) is 53.5. The van der Waals surface area contributed by atoms with E-state index < -0.39 is 0 Å². The van der Waals surface area contributed by atoms with E-state index in [1.54, 1.807) is 0 Å². The van der Waals surface area contributed by atoms with E-state index in [4.69, 9.17) is 0 Å². The van der Waals surface area contributed by atoms with Gasteiger partial charge >= 0.3 is 0 Å². The van der Waals surface area contributed by atoms with Crippen LogP contribution in [-0.4, -0.2) is 9.13 Å². The molecule has 0 aliphatic rings. The van der Waals surface area contributed by atoms with Crippen molar-refractivity contribution in [3.05, 3.63) is 356 Å². The van der Waals surface area contributed by atoms with Crippen molar-refractivity contribution >= 4 is 141 Å². The number of para-hydroxylation sites is 3. The molecule has 20 rings (SSSR count). The van der Waals surface area contributed by atoms with E-state index in [9.17, 15) is 0 Å². The summed E-state index contributed by atoms with van der Waals surface area (Å²) in [6, 6.07) is 123. The lowest BCUT2D eigenvalue weighted by molar-refractivity contribution is 1.01. The molecule has 0 aliphatic heterocycles. The van der Waals surface area contributed by atoms with Crippen LogP contribution in [0.4, 0.5) is 0 Å². The number of fused-ring (bicyclic) bond motifs is 25. The number of hydrogen-bond donors (Lipinski definition) is 0. The zero-order valence-electron chi connectivity index (χ0n) is 84.2. The van der Waals surface area contributed by atoms with Crippen molar-refractivity contribution in [3.63, 3.8) is 0 Å². The molecule has 0 unspecified atom stereocenters. The Morgan fingerprint density at radius 2 is 0.429 bits per heavy atom. The first kappa shape index (κ1) is 110. The van der Waals surface area contributed by atoms with Gasteiger partial charge in [-0.3, -0.25) is 0 Å². The van der Waals surface area contributed by atoms with Crippen LogP contribution < -0.4 is 0 Å². The van der Waals surface area contributed by atoms with Crippen LogP contribution in [0.15, 0.2) is 340 Å². The third-order valence-corrected chi connectivity index (χ3v) is 19.8. The summed E-state index contributed by atoms with van der Waals surface area (Å²) < 4.78 is 4.75. The lowest BCUT2D eigenvalue weighted by Gasteiger charge is -2.14. The highest BCUT2D eigenvalue weighted by atomic mass is 15.0. The van der Waals surface area contributed by atoms with Crippen LogP contribution in [0.5, 0.6) is 0 Å². The van der Waals surface area contributed by atoms with Gasteiger partial charge < -0.3 is 9.13 Å². The minimum Gasteiger partial charge on any atom is -0.342 e. The van der Waals surface area contributed by atoms with Crippen LogP contribution in [0.1, 0.15) is 224 Å². The van der Waals surface area contributed by atoms with E-state index in [1.165, 1.54) is 185 Å². The smallest absolute Gasteiger partial charge is 0.0785 e. The molecule has 0 atom stereocenters. The van der Waals surface area contributed by atoms with Gasteiger partial charge in [0.05, 0.1) is 16.6 Å². The maximum absolute atomic E-state index is 2.41. The van der Waals surface area contributed by atoms with Crippen LogP contribution in [0, 0.1) is 20.8 Å². The first-order valence-electron chi connectivity index (χ1n) is 48.4. The summed E-state index contributed by atoms with van der Waals surface area (Å²) in [5.74, 6) is 0. The van der Waals surface area contributed by atoms with E-state index in [0.29, 0.717) is 0 Å². The largest absolute Gasteiger partial charge is 0.342 e. The highest BCUT2D eigenvalue weighted by Crippen LogP contribution is 2.44. The molecule has 0 spiro atoms. The standard InChI is InChI=1S/C25H18N2.2C25H18.C19H14.15C2H6/c1-26-22-13-7-5-11-18(22)20-15-16-21-19-12-6-8-14-23(19)27(25(21)24(20)26)17-9-3-2-4-10-17;1-17-8-6-9-18(16-17)19-14-7-15-24-22-11-3-2-10-20(22)21-12-4-5-13-23(21)25(19)24;1-17-10-12-18(13-11-17)19-14-15-24-22-8-3-2-6-20(22)21-7-4-5-9-23(21)25(24)16-19;1-13-10-11-18-16-8-3-2-6-14(16)15-7-4-5-9-17(15)19(18)12-13;15*1-2/h2-16H,1H3;2*2-16H,1H3;2-12H,1H3;15*1-2H3. The molecular formula is C124H158N2. The van der Waals surface area contributed by atoms with Crippen molar-refractivity contribution in [1.82, 2.24) is 9.13 Å². The van der Waals surface area contributed by atoms with Crippen molar-refractivity contribution in [2.24, 2.45) is 7.05 Å². The molecule has 0 radical (unpaired) electrons. The van der Waals surface area contributed by atoms with Crippen molar-refractivity contribution in [2.45, 2.75) is 228 Å². The Morgan fingerprint density at radius 3 is 0.833 bits per heavy atom. The Bertz CT molecular complexity index is 6310. The molecule has 0 N–H and O–H groups in total. The van der Waals surface area contributed by atoms with Gasteiger partial charge in [0.1, 0.15) is 0 Å². The zero-order chi connectivity index (χ0) is 94.4. The normalized spacial score (nSPS) is 9.51. The predicted molar refractivity (Wildman–Crippen MR) is 587 cm³/mol. The molecule has 0 fully saturated rings. The molecule has 0 bridgehead atoms. The molecule has 2 heterocycles. The second-order valence-corrected chi connectivity index (χ2v) is 25.7. The predicted octanol–water partition coefficient (Wildman–Crippen LogP) is 41.5. The van der Waals surface area contributed by atoms with Gasteiger partial charge in [0, 0.05) is 39.8 Å². The van der Waals surface area contributed by atoms with Gasteiger partial charge in [-0.05, 0) is 170 Å². The lowest BCUT2D eigenvalue weighted by atomic mass is 9.89. The summed E-state index contributed by atoms with van der Waals surface area (Å²) in [6.45, 7) is 66.4. The summed E-state index contributed by atoms with van der Waals surface area (Å²) in [7, 11) is 2.18. The average molecular weight is 1680 g/mol. The van der Waals surface area contributed by atoms with Crippen molar-refractivity contribution in [3.8, 4) is 27.9 Å². The molecule has 20 aromatic rings. The highest BCUT2D eigenvalue weighted by molar-refractivity contribution is 6.30. The van der Waals surface area contributed by atoms with Gasteiger partial charge in [-0.15, -0.1) is 0 Å². The molecule has 126 heavy (non-hydrogen) atoms. The highest BCUT2D eigenvalue weighted by Gasteiger charge is 2.20. The van der Waals surface area contributed by atoms with Crippen LogP contribution in [0.3, 0.4) is 0 Å². The van der Waals surface area contributed by atoms with Gasteiger partial charge in [0.2, 0.25) is 0 Å². The Labute approximate surface area is 764 Å².